The Morgan fingerprint density at radius 1 is 1.19 bits per heavy atom. The van der Waals surface area contributed by atoms with Gasteiger partial charge in [0, 0.05) is 45.4 Å². The highest BCUT2D eigenvalue weighted by atomic mass is 16.3. The van der Waals surface area contributed by atoms with Crippen molar-refractivity contribution in [3.63, 3.8) is 0 Å². The quantitative estimate of drug-likeness (QED) is 0.648. The smallest absolute Gasteiger partial charge is 0.268 e. The van der Waals surface area contributed by atoms with Gasteiger partial charge >= 0.3 is 0 Å². The number of aryl methyl sites for hydroxylation is 1. The van der Waals surface area contributed by atoms with Gasteiger partial charge in [-0.05, 0) is 18.8 Å². The summed E-state index contributed by atoms with van der Waals surface area (Å²) >= 11 is 0. The van der Waals surface area contributed by atoms with Gasteiger partial charge in [-0.2, -0.15) is 5.10 Å². The lowest BCUT2D eigenvalue weighted by Crippen LogP contribution is -2.37. The summed E-state index contributed by atoms with van der Waals surface area (Å²) in [5, 5.41) is 19.3. The fourth-order valence-electron chi connectivity index (χ4n) is 3.01. The number of rotatable bonds is 7. The lowest BCUT2D eigenvalue weighted by atomic mass is 9.96. The third-order valence-corrected chi connectivity index (χ3v) is 4.59. The van der Waals surface area contributed by atoms with E-state index < -0.39 is 0 Å². The summed E-state index contributed by atoms with van der Waals surface area (Å²) in [6, 6.07) is 3.49. The molecule has 3 N–H and O–H groups in total. The van der Waals surface area contributed by atoms with Crippen molar-refractivity contribution < 1.29 is 5.11 Å². The molecule has 26 heavy (non-hydrogen) atoms. The summed E-state index contributed by atoms with van der Waals surface area (Å²) in [4.78, 5) is 22.3. The van der Waals surface area contributed by atoms with Gasteiger partial charge in [0.25, 0.3) is 5.56 Å². The van der Waals surface area contributed by atoms with Crippen molar-refractivity contribution in [3.8, 4) is 0 Å². The number of nitrogens with one attached hydrogen (secondary N) is 2. The summed E-state index contributed by atoms with van der Waals surface area (Å²) < 4.78 is 1.34. The lowest BCUT2D eigenvalue weighted by Gasteiger charge is -2.33. The Bertz CT molecular complexity index is 772. The van der Waals surface area contributed by atoms with Crippen molar-refractivity contribution in [2.75, 3.05) is 48.3 Å². The number of piperidine rings is 1. The number of hydrogen-bond donors (Lipinski definition) is 3. The molecule has 0 unspecified atom stereocenters. The molecule has 2 aromatic heterocycles. The van der Waals surface area contributed by atoms with Crippen LogP contribution in [0.4, 0.5) is 17.3 Å². The minimum absolute atomic E-state index is 0.0639. The second-order valence-electron chi connectivity index (χ2n) is 6.43. The van der Waals surface area contributed by atoms with Crippen LogP contribution in [0.25, 0.3) is 0 Å². The van der Waals surface area contributed by atoms with E-state index in [-0.39, 0.29) is 12.2 Å². The Labute approximate surface area is 152 Å². The monoisotopic (exact) mass is 359 g/mol. The molecule has 9 nitrogen and oxygen atoms in total. The molecule has 3 heterocycles. The number of nitrogens with zero attached hydrogens (tertiary/aromatic N) is 5. The Morgan fingerprint density at radius 2 is 1.92 bits per heavy atom. The summed E-state index contributed by atoms with van der Waals surface area (Å²) in [5.74, 6) is 2.03. The topological polar surface area (TPSA) is 108 Å². The average Bonchev–Trinajstić information content (AvgIpc) is 2.68. The van der Waals surface area contributed by atoms with Crippen LogP contribution in [-0.2, 0) is 7.05 Å². The van der Waals surface area contributed by atoms with Crippen LogP contribution in [0, 0.1) is 5.92 Å². The zero-order chi connectivity index (χ0) is 18.4. The number of aromatic nitrogens is 4. The van der Waals surface area contributed by atoms with Crippen LogP contribution in [0.1, 0.15) is 12.8 Å². The third-order valence-electron chi connectivity index (χ3n) is 4.59. The van der Waals surface area contributed by atoms with Gasteiger partial charge in [-0.1, -0.05) is 0 Å². The minimum atomic E-state index is -0.0827. The van der Waals surface area contributed by atoms with E-state index in [0.717, 1.165) is 44.0 Å². The molecule has 0 spiro atoms. The Kier molecular flexibility index (Phi) is 6.00. The van der Waals surface area contributed by atoms with Crippen LogP contribution in [-0.4, -0.2) is 57.6 Å². The largest absolute Gasteiger partial charge is 0.395 e. The molecule has 0 aliphatic carbocycles. The molecule has 0 bridgehead atoms. The van der Waals surface area contributed by atoms with Crippen LogP contribution < -0.4 is 21.1 Å². The fraction of sp³-hybridized carbons (Fsp3) is 0.529. The standard InChI is InChI=1S/C17H25N7O2/c1-23-17(26)8-14(11-22-23)24-5-2-13(3-6-24)10-19-16-9-15(18-4-7-25)20-12-21-16/h8-9,11-13,25H,2-7,10H2,1H3,(H2,18,19,20,21). The second kappa shape index (κ2) is 8.61. The van der Waals surface area contributed by atoms with Crippen LogP contribution in [0.15, 0.2) is 29.5 Å². The number of anilines is 3. The van der Waals surface area contributed by atoms with Crippen LogP contribution in [0.2, 0.25) is 0 Å². The second-order valence-corrected chi connectivity index (χ2v) is 6.43. The van der Waals surface area contributed by atoms with Gasteiger partial charge in [0.1, 0.15) is 18.0 Å². The highest BCUT2D eigenvalue weighted by Gasteiger charge is 2.20. The summed E-state index contributed by atoms with van der Waals surface area (Å²) in [6.45, 7) is 3.20. The molecule has 0 atom stereocenters. The van der Waals surface area contributed by atoms with Crippen molar-refractivity contribution >= 4 is 17.3 Å². The summed E-state index contributed by atoms with van der Waals surface area (Å²) in [5.41, 5.74) is 0.815. The first-order valence-corrected chi connectivity index (χ1v) is 8.84. The van der Waals surface area contributed by atoms with E-state index in [2.05, 4.69) is 30.6 Å². The molecule has 1 aliphatic rings. The molecular weight excluding hydrogens is 334 g/mol. The first-order chi connectivity index (χ1) is 12.7. The molecule has 2 aromatic rings. The van der Waals surface area contributed by atoms with Gasteiger partial charge in [-0.15, -0.1) is 0 Å². The van der Waals surface area contributed by atoms with E-state index in [1.807, 2.05) is 6.07 Å². The maximum absolute atomic E-state index is 11.7. The van der Waals surface area contributed by atoms with Crippen molar-refractivity contribution in [2.45, 2.75) is 12.8 Å². The zero-order valence-corrected chi connectivity index (χ0v) is 14.9. The van der Waals surface area contributed by atoms with Gasteiger partial charge in [0.2, 0.25) is 0 Å². The molecule has 0 aromatic carbocycles. The zero-order valence-electron chi connectivity index (χ0n) is 14.9. The van der Waals surface area contributed by atoms with Crippen molar-refractivity contribution in [2.24, 2.45) is 13.0 Å². The average molecular weight is 359 g/mol. The predicted octanol–water partition coefficient (Wildman–Crippen LogP) is 0.303. The Balaban J connectivity index is 1.48. The van der Waals surface area contributed by atoms with Gasteiger partial charge in [0.15, 0.2) is 0 Å². The summed E-state index contributed by atoms with van der Waals surface area (Å²) in [7, 11) is 1.65. The van der Waals surface area contributed by atoms with Crippen LogP contribution in [0.5, 0.6) is 0 Å². The lowest BCUT2D eigenvalue weighted by molar-refractivity contribution is 0.311. The minimum Gasteiger partial charge on any atom is -0.395 e. The number of hydrogen-bond acceptors (Lipinski definition) is 8. The normalized spacial score (nSPS) is 15.1. The molecule has 1 fully saturated rings. The van der Waals surface area contributed by atoms with Crippen molar-refractivity contribution in [1.29, 1.82) is 0 Å². The molecule has 140 valence electrons. The molecular formula is C17H25N7O2. The SMILES string of the molecule is Cn1ncc(N2CCC(CNc3cc(NCCO)ncn3)CC2)cc1=O. The van der Waals surface area contributed by atoms with Gasteiger partial charge in [-0.25, -0.2) is 14.6 Å². The molecule has 1 saturated heterocycles. The van der Waals surface area contributed by atoms with E-state index >= 15 is 0 Å². The number of aliphatic hydroxyl groups is 1. The Morgan fingerprint density at radius 3 is 2.62 bits per heavy atom. The van der Waals surface area contributed by atoms with Gasteiger partial charge in [-0.3, -0.25) is 4.79 Å². The van der Waals surface area contributed by atoms with Gasteiger partial charge < -0.3 is 20.6 Å². The molecule has 3 rings (SSSR count). The maximum atomic E-state index is 11.7. The van der Waals surface area contributed by atoms with Gasteiger partial charge in [0.05, 0.1) is 18.5 Å². The fourth-order valence-corrected chi connectivity index (χ4v) is 3.01. The van der Waals surface area contributed by atoms with E-state index in [1.165, 1.54) is 11.0 Å². The molecule has 0 saturated carbocycles. The first-order valence-electron chi connectivity index (χ1n) is 8.84. The molecule has 1 aliphatic heterocycles. The first kappa shape index (κ1) is 18.1. The number of aliphatic hydroxyl groups excluding tert-OH is 1. The van der Waals surface area contributed by atoms with Crippen LogP contribution in [0.3, 0.4) is 0 Å². The van der Waals surface area contributed by atoms with E-state index in [9.17, 15) is 4.79 Å². The highest BCUT2D eigenvalue weighted by molar-refractivity contribution is 5.46. The molecule has 0 amide bonds. The molecule has 0 radical (unpaired) electrons. The summed E-state index contributed by atoms with van der Waals surface area (Å²) in [6.07, 6.45) is 5.35. The maximum Gasteiger partial charge on any atom is 0.268 e. The van der Waals surface area contributed by atoms with Crippen molar-refractivity contribution in [1.82, 2.24) is 19.7 Å². The van der Waals surface area contributed by atoms with E-state index in [0.29, 0.717) is 18.3 Å². The van der Waals surface area contributed by atoms with E-state index in [4.69, 9.17) is 5.11 Å². The Hall–Kier alpha value is -2.68. The highest BCUT2D eigenvalue weighted by Crippen LogP contribution is 2.22. The predicted molar refractivity (Wildman–Crippen MR) is 101 cm³/mol. The van der Waals surface area contributed by atoms with Crippen LogP contribution >= 0.6 is 0 Å². The van der Waals surface area contributed by atoms with Crippen molar-refractivity contribution in [3.05, 3.63) is 35.0 Å². The van der Waals surface area contributed by atoms with E-state index in [1.54, 1.807) is 19.3 Å². The molecule has 9 heteroatoms. The third kappa shape index (κ3) is 4.69.